The van der Waals surface area contributed by atoms with Gasteiger partial charge in [0.25, 0.3) is 0 Å². The van der Waals surface area contributed by atoms with Gasteiger partial charge in [-0.1, -0.05) is 12.1 Å². The predicted octanol–water partition coefficient (Wildman–Crippen LogP) is 4.51. The molecule has 29 heavy (non-hydrogen) atoms. The molecule has 0 unspecified atom stereocenters. The lowest BCUT2D eigenvalue weighted by atomic mass is 10.1. The highest BCUT2D eigenvalue weighted by Crippen LogP contribution is 2.37. The minimum Gasteiger partial charge on any atom is -0.497 e. The molecule has 150 valence electrons. The molecule has 9 heteroatoms. The second kappa shape index (κ2) is 8.42. The van der Waals surface area contributed by atoms with Crippen molar-refractivity contribution in [1.82, 2.24) is 9.97 Å². The minimum atomic E-state index is -0.522. The number of hydrogen-bond donors (Lipinski definition) is 2. The van der Waals surface area contributed by atoms with Gasteiger partial charge in [-0.05, 0) is 43.2 Å². The molecule has 1 heterocycles. The summed E-state index contributed by atoms with van der Waals surface area (Å²) in [6.45, 7) is 3.91. The van der Waals surface area contributed by atoms with Crippen LogP contribution in [0.2, 0.25) is 0 Å². The third-order valence-corrected chi connectivity index (χ3v) is 4.52. The number of methoxy groups -OCH3 is 2. The molecule has 3 rings (SSSR count). The van der Waals surface area contributed by atoms with Crippen molar-refractivity contribution in [3.05, 3.63) is 64.0 Å². The fourth-order valence-electron chi connectivity index (χ4n) is 2.78. The van der Waals surface area contributed by atoms with E-state index in [1.807, 2.05) is 32.0 Å². The van der Waals surface area contributed by atoms with Crippen LogP contribution in [0.5, 0.6) is 11.5 Å². The van der Waals surface area contributed by atoms with Crippen LogP contribution >= 0.6 is 0 Å². The van der Waals surface area contributed by atoms with Crippen molar-refractivity contribution >= 4 is 28.7 Å². The molecule has 0 amide bonds. The molecule has 2 aromatic carbocycles. The molecule has 0 radical (unpaired) electrons. The smallest absolute Gasteiger partial charge is 0.353 e. The highest BCUT2D eigenvalue weighted by atomic mass is 16.6. The maximum atomic E-state index is 11.8. The Morgan fingerprint density at radius 3 is 2.28 bits per heavy atom. The lowest BCUT2D eigenvalue weighted by molar-refractivity contribution is -0.383. The predicted molar refractivity (Wildman–Crippen MR) is 111 cm³/mol. The van der Waals surface area contributed by atoms with Gasteiger partial charge in [-0.15, -0.1) is 0 Å². The fourth-order valence-corrected chi connectivity index (χ4v) is 2.78. The summed E-state index contributed by atoms with van der Waals surface area (Å²) in [5, 5.41) is 17.8. The molecule has 3 aromatic rings. The average molecular weight is 395 g/mol. The molecule has 2 N–H and O–H groups in total. The van der Waals surface area contributed by atoms with Crippen molar-refractivity contribution in [3.63, 3.8) is 0 Å². The number of aryl methyl sites for hydroxylation is 1. The summed E-state index contributed by atoms with van der Waals surface area (Å²) in [5.74, 6) is 1.19. The molecule has 1 aromatic heterocycles. The quantitative estimate of drug-likeness (QED) is 0.444. The third kappa shape index (κ3) is 4.18. The lowest BCUT2D eigenvalue weighted by Crippen LogP contribution is -2.07. The van der Waals surface area contributed by atoms with E-state index in [9.17, 15) is 10.1 Å². The van der Waals surface area contributed by atoms with Crippen molar-refractivity contribution in [2.75, 3.05) is 24.9 Å². The first-order valence-corrected chi connectivity index (χ1v) is 8.76. The maximum Gasteiger partial charge on any atom is 0.353 e. The third-order valence-electron chi connectivity index (χ3n) is 4.52. The molecule has 0 aliphatic carbocycles. The molecule has 9 nitrogen and oxygen atoms in total. The zero-order valence-electron chi connectivity index (χ0n) is 16.5. The second-order valence-electron chi connectivity index (χ2n) is 6.24. The van der Waals surface area contributed by atoms with Gasteiger partial charge in [-0.2, -0.15) is 0 Å². The monoisotopic (exact) mass is 395 g/mol. The molecular formula is C20H21N5O4. The summed E-state index contributed by atoms with van der Waals surface area (Å²) in [7, 11) is 3.05. The molecule has 0 saturated carbocycles. The number of anilines is 4. The Balaban J connectivity index is 2.02. The van der Waals surface area contributed by atoms with Gasteiger partial charge in [0.15, 0.2) is 0 Å². The molecule has 0 aliphatic rings. The van der Waals surface area contributed by atoms with E-state index in [0.717, 1.165) is 16.8 Å². The van der Waals surface area contributed by atoms with Crippen molar-refractivity contribution < 1.29 is 14.4 Å². The number of hydrogen-bond acceptors (Lipinski definition) is 8. The maximum absolute atomic E-state index is 11.8. The van der Waals surface area contributed by atoms with Crippen LogP contribution in [0.25, 0.3) is 0 Å². The van der Waals surface area contributed by atoms with E-state index in [1.54, 1.807) is 25.3 Å². The molecule has 0 bridgehead atoms. The van der Waals surface area contributed by atoms with Crippen molar-refractivity contribution in [2.45, 2.75) is 13.8 Å². The van der Waals surface area contributed by atoms with Gasteiger partial charge < -0.3 is 20.1 Å². The standard InChI is InChI=1S/C20H21N5O4/c1-12-6-5-7-15(13(12)2)23-19-18(25(26)27)20(22-11-21-19)24-16-9-8-14(28-3)10-17(16)29-4/h5-11H,1-4H3,(H2,21,22,23,24). The van der Waals surface area contributed by atoms with Crippen LogP contribution in [0.15, 0.2) is 42.7 Å². The van der Waals surface area contributed by atoms with Crippen LogP contribution in [0.4, 0.5) is 28.7 Å². The number of aromatic nitrogens is 2. The van der Waals surface area contributed by atoms with Crippen molar-refractivity contribution in [2.24, 2.45) is 0 Å². The van der Waals surface area contributed by atoms with Crippen LogP contribution in [0.1, 0.15) is 11.1 Å². The molecule has 0 spiro atoms. The second-order valence-corrected chi connectivity index (χ2v) is 6.24. The van der Waals surface area contributed by atoms with Gasteiger partial charge in [0.05, 0.1) is 24.8 Å². The van der Waals surface area contributed by atoms with Gasteiger partial charge in [0, 0.05) is 11.8 Å². The molecule has 0 aliphatic heterocycles. The SMILES string of the molecule is COc1ccc(Nc2ncnc(Nc3cccc(C)c3C)c2[N+](=O)[O-])c(OC)c1. The molecule has 0 fully saturated rings. The minimum absolute atomic E-state index is 0.0428. The largest absolute Gasteiger partial charge is 0.497 e. The summed E-state index contributed by atoms with van der Waals surface area (Å²) in [4.78, 5) is 19.4. The normalized spacial score (nSPS) is 10.3. The summed E-state index contributed by atoms with van der Waals surface area (Å²) in [6.07, 6.45) is 1.26. The van der Waals surface area contributed by atoms with E-state index in [1.165, 1.54) is 13.4 Å². The molecule has 0 atom stereocenters. The fraction of sp³-hybridized carbons (Fsp3) is 0.200. The average Bonchev–Trinajstić information content (AvgIpc) is 2.71. The first-order valence-electron chi connectivity index (χ1n) is 8.76. The summed E-state index contributed by atoms with van der Waals surface area (Å²) >= 11 is 0. The Labute approximate surface area is 167 Å². The highest BCUT2D eigenvalue weighted by molar-refractivity contribution is 5.79. The van der Waals surface area contributed by atoms with E-state index in [0.29, 0.717) is 17.2 Å². The van der Waals surface area contributed by atoms with Crippen molar-refractivity contribution in [3.8, 4) is 11.5 Å². The zero-order valence-corrected chi connectivity index (χ0v) is 16.5. The van der Waals surface area contributed by atoms with Gasteiger partial charge >= 0.3 is 5.69 Å². The van der Waals surface area contributed by atoms with Gasteiger partial charge in [-0.25, -0.2) is 9.97 Å². The van der Waals surface area contributed by atoms with Crippen molar-refractivity contribution in [1.29, 1.82) is 0 Å². The Morgan fingerprint density at radius 2 is 1.66 bits per heavy atom. The van der Waals surface area contributed by atoms with Crippen LogP contribution in [-0.2, 0) is 0 Å². The topological polar surface area (TPSA) is 111 Å². The molecular weight excluding hydrogens is 374 g/mol. The van der Waals surface area contributed by atoms with Crippen LogP contribution in [-0.4, -0.2) is 29.1 Å². The van der Waals surface area contributed by atoms with Crippen LogP contribution in [0.3, 0.4) is 0 Å². The Morgan fingerprint density at radius 1 is 0.966 bits per heavy atom. The lowest BCUT2D eigenvalue weighted by Gasteiger charge is -2.14. The number of nitrogens with zero attached hydrogens (tertiary/aromatic N) is 3. The number of nitro groups is 1. The van der Waals surface area contributed by atoms with Gasteiger partial charge in [-0.3, -0.25) is 10.1 Å². The number of rotatable bonds is 7. The van der Waals surface area contributed by atoms with Gasteiger partial charge in [0.2, 0.25) is 11.6 Å². The summed E-state index contributed by atoms with van der Waals surface area (Å²) in [6, 6.07) is 10.8. The summed E-state index contributed by atoms with van der Waals surface area (Å²) < 4.78 is 10.5. The summed E-state index contributed by atoms with van der Waals surface area (Å²) in [5.41, 5.74) is 3.01. The van der Waals surface area contributed by atoms with Crippen LogP contribution < -0.4 is 20.1 Å². The van der Waals surface area contributed by atoms with E-state index in [2.05, 4.69) is 20.6 Å². The first kappa shape index (κ1) is 19.9. The van der Waals surface area contributed by atoms with Gasteiger partial charge in [0.1, 0.15) is 17.8 Å². The Bertz CT molecular complexity index is 1060. The van der Waals surface area contributed by atoms with E-state index in [-0.39, 0.29) is 17.3 Å². The Kier molecular flexibility index (Phi) is 5.77. The number of benzene rings is 2. The van der Waals surface area contributed by atoms with E-state index < -0.39 is 4.92 Å². The number of nitrogens with one attached hydrogen (secondary N) is 2. The zero-order chi connectivity index (χ0) is 21.0. The molecule has 0 saturated heterocycles. The first-order chi connectivity index (χ1) is 13.9. The Hall–Kier alpha value is -3.88. The van der Waals surface area contributed by atoms with E-state index >= 15 is 0 Å². The number of ether oxygens (including phenoxy) is 2. The highest BCUT2D eigenvalue weighted by Gasteiger charge is 2.24. The van der Waals surface area contributed by atoms with E-state index in [4.69, 9.17) is 9.47 Å². The van der Waals surface area contributed by atoms with Crippen LogP contribution in [0, 0.1) is 24.0 Å².